The van der Waals surface area contributed by atoms with Crippen molar-refractivity contribution >= 4 is 17.7 Å². The number of amides is 1. The van der Waals surface area contributed by atoms with Gasteiger partial charge in [-0.2, -0.15) is 0 Å². The Morgan fingerprint density at radius 3 is 2.47 bits per heavy atom. The summed E-state index contributed by atoms with van der Waals surface area (Å²) in [5, 5.41) is 2.54. The van der Waals surface area contributed by atoms with Crippen LogP contribution >= 0.6 is 0 Å². The Labute approximate surface area is 111 Å². The van der Waals surface area contributed by atoms with Gasteiger partial charge in [0.1, 0.15) is 0 Å². The van der Waals surface area contributed by atoms with Crippen molar-refractivity contribution < 1.29 is 23.8 Å². The lowest BCUT2D eigenvalue weighted by Gasteiger charge is -2.12. The molecule has 0 aliphatic rings. The molecule has 0 spiro atoms. The second-order valence-electron chi connectivity index (χ2n) is 3.53. The number of esters is 1. The van der Waals surface area contributed by atoms with Crippen LogP contribution in [0.25, 0.3) is 0 Å². The maximum absolute atomic E-state index is 11.3. The van der Waals surface area contributed by atoms with E-state index in [1.54, 1.807) is 25.1 Å². The van der Waals surface area contributed by atoms with Crippen LogP contribution in [0.1, 0.15) is 20.8 Å². The summed E-state index contributed by atoms with van der Waals surface area (Å²) in [4.78, 5) is 22.2. The molecule has 0 aliphatic carbocycles. The van der Waals surface area contributed by atoms with E-state index in [4.69, 9.17) is 14.2 Å². The number of carbonyl (C=O) groups is 2. The molecule has 0 radical (unpaired) electrons. The Hall–Kier alpha value is -2.24. The summed E-state index contributed by atoms with van der Waals surface area (Å²) in [6.45, 7) is 5.53. The zero-order valence-corrected chi connectivity index (χ0v) is 11.2. The van der Waals surface area contributed by atoms with Crippen LogP contribution in [0.3, 0.4) is 0 Å². The van der Waals surface area contributed by atoms with E-state index in [9.17, 15) is 9.59 Å². The van der Waals surface area contributed by atoms with E-state index < -0.39 is 12.1 Å². The first-order chi connectivity index (χ1) is 9.06. The molecular weight excluding hydrogens is 250 g/mol. The highest BCUT2D eigenvalue weighted by Crippen LogP contribution is 2.30. The second kappa shape index (κ2) is 7.25. The topological polar surface area (TPSA) is 73.9 Å². The van der Waals surface area contributed by atoms with E-state index in [2.05, 4.69) is 5.32 Å². The van der Waals surface area contributed by atoms with Gasteiger partial charge in [-0.1, -0.05) is 0 Å². The lowest BCUT2D eigenvalue weighted by molar-refractivity contribution is -0.132. The van der Waals surface area contributed by atoms with Gasteiger partial charge in [0.15, 0.2) is 11.5 Å². The number of hydrogen-bond acceptors (Lipinski definition) is 5. The van der Waals surface area contributed by atoms with Gasteiger partial charge >= 0.3 is 12.1 Å². The molecule has 1 aromatic rings. The standard InChI is InChI=1S/C13H17NO5/c1-4-17-12-8-10(14-13(16)18-5-2)6-7-11(12)19-9(3)15/h6-8H,4-5H2,1-3H3,(H,14,16). The first-order valence-electron chi connectivity index (χ1n) is 5.95. The highest BCUT2D eigenvalue weighted by atomic mass is 16.6. The van der Waals surface area contributed by atoms with Gasteiger partial charge in [0, 0.05) is 18.7 Å². The van der Waals surface area contributed by atoms with Gasteiger partial charge < -0.3 is 14.2 Å². The second-order valence-corrected chi connectivity index (χ2v) is 3.53. The number of benzene rings is 1. The highest BCUT2D eigenvalue weighted by molar-refractivity contribution is 5.85. The van der Waals surface area contributed by atoms with E-state index in [0.29, 0.717) is 23.8 Å². The summed E-state index contributed by atoms with van der Waals surface area (Å²) in [6, 6.07) is 4.71. The molecule has 0 atom stereocenters. The zero-order valence-electron chi connectivity index (χ0n) is 11.2. The monoisotopic (exact) mass is 267 g/mol. The number of nitrogens with one attached hydrogen (secondary N) is 1. The van der Waals surface area contributed by atoms with Gasteiger partial charge in [-0.05, 0) is 26.0 Å². The molecule has 6 nitrogen and oxygen atoms in total. The minimum Gasteiger partial charge on any atom is -0.490 e. The quantitative estimate of drug-likeness (QED) is 0.655. The number of rotatable bonds is 5. The van der Waals surface area contributed by atoms with E-state index in [-0.39, 0.29) is 6.61 Å². The van der Waals surface area contributed by atoms with Crippen LogP contribution < -0.4 is 14.8 Å². The normalized spacial score (nSPS) is 9.63. The SMILES string of the molecule is CCOC(=O)Nc1ccc(OC(C)=O)c(OCC)c1. The average Bonchev–Trinajstić information content (AvgIpc) is 2.32. The molecule has 0 saturated heterocycles. The summed E-state index contributed by atoms with van der Waals surface area (Å²) in [6.07, 6.45) is -0.551. The third kappa shape index (κ3) is 4.87. The molecule has 0 aromatic heterocycles. The van der Waals surface area contributed by atoms with Crippen LogP contribution in [0.15, 0.2) is 18.2 Å². The number of hydrogen-bond donors (Lipinski definition) is 1. The maximum Gasteiger partial charge on any atom is 0.411 e. The maximum atomic E-state index is 11.3. The van der Waals surface area contributed by atoms with Crippen molar-refractivity contribution in [2.45, 2.75) is 20.8 Å². The molecule has 0 saturated carbocycles. The number of carbonyl (C=O) groups excluding carboxylic acids is 2. The average molecular weight is 267 g/mol. The van der Waals surface area contributed by atoms with Crippen molar-refractivity contribution in [1.82, 2.24) is 0 Å². The van der Waals surface area contributed by atoms with Crippen LogP contribution in [0.5, 0.6) is 11.5 Å². The van der Waals surface area contributed by atoms with Gasteiger partial charge in [-0.3, -0.25) is 10.1 Å². The first kappa shape index (κ1) is 14.8. The minimum atomic E-state index is -0.551. The molecule has 0 heterocycles. The van der Waals surface area contributed by atoms with Crippen LogP contribution in [0.4, 0.5) is 10.5 Å². The molecule has 6 heteroatoms. The van der Waals surface area contributed by atoms with E-state index in [1.807, 2.05) is 6.92 Å². The lowest BCUT2D eigenvalue weighted by Crippen LogP contribution is -2.13. The van der Waals surface area contributed by atoms with E-state index >= 15 is 0 Å². The lowest BCUT2D eigenvalue weighted by atomic mass is 10.2. The fourth-order valence-electron chi connectivity index (χ4n) is 1.38. The summed E-state index contributed by atoms with van der Waals surface area (Å²) >= 11 is 0. The van der Waals surface area contributed by atoms with E-state index in [1.165, 1.54) is 6.92 Å². The van der Waals surface area contributed by atoms with Crippen LogP contribution in [0.2, 0.25) is 0 Å². The molecule has 0 fully saturated rings. The fourth-order valence-corrected chi connectivity index (χ4v) is 1.38. The third-order valence-corrected chi connectivity index (χ3v) is 2.02. The first-order valence-corrected chi connectivity index (χ1v) is 5.95. The Morgan fingerprint density at radius 2 is 1.89 bits per heavy atom. The van der Waals surface area contributed by atoms with Gasteiger partial charge in [0.05, 0.1) is 13.2 Å². The van der Waals surface area contributed by atoms with Crippen molar-refractivity contribution in [2.75, 3.05) is 18.5 Å². The minimum absolute atomic E-state index is 0.287. The van der Waals surface area contributed by atoms with Crippen LogP contribution in [0, 0.1) is 0 Å². The summed E-state index contributed by atoms with van der Waals surface area (Å²) < 4.78 is 15.1. The molecule has 1 amide bonds. The largest absolute Gasteiger partial charge is 0.490 e. The van der Waals surface area contributed by atoms with Crippen molar-refractivity contribution in [3.8, 4) is 11.5 Å². The van der Waals surface area contributed by atoms with Crippen molar-refractivity contribution in [1.29, 1.82) is 0 Å². The Kier molecular flexibility index (Phi) is 5.66. The van der Waals surface area contributed by atoms with Crippen molar-refractivity contribution in [3.63, 3.8) is 0 Å². The molecule has 0 bridgehead atoms. The molecule has 0 aliphatic heterocycles. The zero-order chi connectivity index (χ0) is 14.3. The smallest absolute Gasteiger partial charge is 0.411 e. The third-order valence-electron chi connectivity index (χ3n) is 2.02. The summed E-state index contributed by atoms with van der Waals surface area (Å²) in [5.41, 5.74) is 0.498. The molecule has 104 valence electrons. The van der Waals surface area contributed by atoms with Crippen LogP contribution in [-0.4, -0.2) is 25.3 Å². The van der Waals surface area contributed by atoms with Gasteiger partial charge in [0.2, 0.25) is 0 Å². The van der Waals surface area contributed by atoms with Gasteiger partial charge in [-0.15, -0.1) is 0 Å². The van der Waals surface area contributed by atoms with Crippen LogP contribution in [-0.2, 0) is 9.53 Å². The predicted molar refractivity (Wildman–Crippen MR) is 69.6 cm³/mol. The Morgan fingerprint density at radius 1 is 1.16 bits per heavy atom. The predicted octanol–water partition coefficient (Wildman–Crippen LogP) is 2.58. The Bertz CT molecular complexity index is 458. The van der Waals surface area contributed by atoms with Gasteiger partial charge in [-0.25, -0.2) is 4.79 Å². The Balaban J connectivity index is 2.88. The summed E-state index contributed by atoms with van der Waals surface area (Å²) in [7, 11) is 0. The number of ether oxygens (including phenoxy) is 3. The van der Waals surface area contributed by atoms with E-state index in [0.717, 1.165) is 0 Å². The molecular formula is C13H17NO5. The fraction of sp³-hybridized carbons (Fsp3) is 0.385. The highest BCUT2D eigenvalue weighted by Gasteiger charge is 2.10. The molecule has 1 N–H and O–H groups in total. The van der Waals surface area contributed by atoms with Crippen molar-refractivity contribution in [2.24, 2.45) is 0 Å². The molecule has 1 aromatic carbocycles. The molecule has 0 unspecified atom stereocenters. The molecule has 1 rings (SSSR count). The summed E-state index contributed by atoms with van der Waals surface area (Å²) in [5.74, 6) is 0.253. The molecule has 19 heavy (non-hydrogen) atoms. The number of anilines is 1. The van der Waals surface area contributed by atoms with Crippen molar-refractivity contribution in [3.05, 3.63) is 18.2 Å². The van der Waals surface area contributed by atoms with Gasteiger partial charge in [0.25, 0.3) is 0 Å².